The molecule has 0 bridgehead atoms. The summed E-state index contributed by atoms with van der Waals surface area (Å²) in [5.41, 5.74) is 9.76. The van der Waals surface area contributed by atoms with E-state index in [4.69, 9.17) is 15.5 Å². The topological polar surface area (TPSA) is 127 Å². The molecule has 2 aromatic rings. The Kier molecular flexibility index (Phi) is 7.07. The van der Waals surface area contributed by atoms with E-state index < -0.39 is 0 Å². The van der Waals surface area contributed by atoms with Crippen LogP contribution in [-0.2, 0) is 14.3 Å². The van der Waals surface area contributed by atoms with Crippen LogP contribution in [0.1, 0.15) is 44.6 Å². The summed E-state index contributed by atoms with van der Waals surface area (Å²) in [6.07, 6.45) is 7.43. The maximum atomic E-state index is 13.7. The zero-order valence-electron chi connectivity index (χ0n) is 22.6. The van der Waals surface area contributed by atoms with E-state index in [0.29, 0.717) is 43.0 Å². The van der Waals surface area contributed by atoms with Gasteiger partial charge in [-0.15, -0.1) is 0 Å². The Bertz CT molecular complexity index is 1270. The number of nitrogens with two attached hydrogens (primary N) is 1. The van der Waals surface area contributed by atoms with Crippen molar-refractivity contribution in [2.75, 3.05) is 63.1 Å². The Labute approximate surface area is 229 Å². The van der Waals surface area contributed by atoms with Crippen LogP contribution in [-0.4, -0.2) is 84.0 Å². The molecule has 3 aliphatic heterocycles. The Morgan fingerprint density at radius 1 is 1.08 bits per heavy atom. The lowest BCUT2D eigenvalue weighted by Gasteiger charge is -2.48. The number of likely N-dealkylation sites (tertiary alicyclic amines) is 1. The summed E-state index contributed by atoms with van der Waals surface area (Å²) in [6.45, 7) is 8.31. The van der Waals surface area contributed by atoms with Gasteiger partial charge >= 0.3 is 0 Å². The predicted molar refractivity (Wildman–Crippen MR) is 149 cm³/mol. The summed E-state index contributed by atoms with van der Waals surface area (Å²) >= 11 is 0. The molecule has 4 aliphatic rings. The fourth-order valence-electron chi connectivity index (χ4n) is 5.87. The number of nitrogens with one attached hydrogen (secondary N) is 1. The first-order chi connectivity index (χ1) is 18.9. The second kappa shape index (κ2) is 10.7. The van der Waals surface area contributed by atoms with Crippen LogP contribution in [0.2, 0.25) is 0 Å². The number of morpholine rings is 1. The highest BCUT2D eigenvalue weighted by Gasteiger charge is 2.40. The first-order valence-corrected chi connectivity index (χ1v) is 14.1. The van der Waals surface area contributed by atoms with E-state index in [1.807, 2.05) is 24.0 Å². The van der Waals surface area contributed by atoms with Gasteiger partial charge in [-0.05, 0) is 55.7 Å². The second-order valence-corrected chi connectivity index (χ2v) is 11.5. The van der Waals surface area contributed by atoms with Gasteiger partial charge in [-0.2, -0.15) is 0 Å². The molecule has 1 saturated carbocycles. The molecule has 2 aromatic heterocycles. The highest BCUT2D eigenvalue weighted by molar-refractivity contribution is 6.24. The van der Waals surface area contributed by atoms with E-state index in [2.05, 4.69) is 20.2 Å². The van der Waals surface area contributed by atoms with Gasteiger partial charge in [0.15, 0.2) is 5.78 Å². The summed E-state index contributed by atoms with van der Waals surface area (Å²) < 4.78 is 5.56. The van der Waals surface area contributed by atoms with Crippen LogP contribution in [0.4, 0.5) is 11.8 Å². The molecule has 0 radical (unpaired) electrons. The highest BCUT2D eigenvalue weighted by Crippen LogP contribution is 2.39. The molecule has 1 spiro atoms. The minimum absolute atomic E-state index is 0.0225. The Hall–Kier alpha value is -3.37. The van der Waals surface area contributed by atoms with Gasteiger partial charge < -0.3 is 25.6 Å². The summed E-state index contributed by atoms with van der Waals surface area (Å²) in [5.74, 6) is 1.22. The van der Waals surface area contributed by atoms with E-state index in [1.165, 1.54) is 0 Å². The van der Waals surface area contributed by atoms with Crippen LogP contribution in [0.25, 0.3) is 16.8 Å². The average molecular weight is 532 g/mol. The van der Waals surface area contributed by atoms with Crippen molar-refractivity contribution < 1.29 is 14.3 Å². The first-order valence-electron chi connectivity index (χ1n) is 14.1. The number of carbonyl (C=O) groups is 2. The summed E-state index contributed by atoms with van der Waals surface area (Å²) in [4.78, 5) is 44.5. The SMILES string of the molecule is CC(CC(=O)N1CCC2(CC1)CNC2)=C(C(=O)C1CC1)c1cc(-c2cnc(N)nc2)nc(N2CCOCC2)c1. The minimum atomic E-state index is 0.0225. The molecule has 1 aliphatic carbocycles. The monoisotopic (exact) mass is 531 g/mol. The van der Waals surface area contributed by atoms with Crippen molar-refractivity contribution in [2.24, 2.45) is 11.3 Å². The maximum Gasteiger partial charge on any atom is 0.226 e. The number of Topliss-reactive ketones (excluding diaryl/α,β-unsaturated/α-hetero) is 1. The minimum Gasteiger partial charge on any atom is -0.378 e. The number of piperidine rings is 1. The van der Waals surface area contributed by atoms with Gasteiger partial charge in [0.1, 0.15) is 5.82 Å². The van der Waals surface area contributed by atoms with Gasteiger partial charge in [0.25, 0.3) is 0 Å². The van der Waals surface area contributed by atoms with Crippen molar-refractivity contribution in [3.8, 4) is 11.3 Å². The van der Waals surface area contributed by atoms with Crippen LogP contribution in [0, 0.1) is 11.3 Å². The molecule has 6 rings (SSSR count). The van der Waals surface area contributed by atoms with E-state index in [1.54, 1.807) is 12.4 Å². The van der Waals surface area contributed by atoms with Crippen molar-refractivity contribution >= 4 is 29.0 Å². The molecule has 1 amide bonds. The van der Waals surface area contributed by atoms with Crippen molar-refractivity contribution in [3.05, 3.63) is 35.7 Å². The number of aromatic nitrogens is 3. The van der Waals surface area contributed by atoms with Crippen LogP contribution in [0.5, 0.6) is 0 Å². The number of hydrogen-bond acceptors (Lipinski definition) is 9. The number of allylic oxidation sites excluding steroid dienone is 1. The fraction of sp³-hybridized carbons (Fsp3) is 0.552. The number of pyridine rings is 1. The van der Waals surface area contributed by atoms with Crippen LogP contribution >= 0.6 is 0 Å². The number of ketones is 1. The van der Waals surface area contributed by atoms with Crippen molar-refractivity contribution in [1.82, 2.24) is 25.2 Å². The normalized spacial score (nSPS) is 21.4. The zero-order valence-corrected chi connectivity index (χ0v) is 22.6. The second-order valence-electron chi connectivity index (χ2n) is 11.5. The Morgan fingerprint density at radius 2 is 1.77 bits per heavy atom. The Morgan fingerprint density at radius 3 is 2.38 bits per heavy atom. The molecule has 10 heteroatoms. The molecule has 206 valence electrons. The van der Waals surface area contributed by atoms with Gasteiger partial charge in [0, 0.05) is 75.1 Å². The van der Waals surface area contributed by atoms with Crippen LogP contribution in [0.15, 0.2) is 30.1 Å². The van der Waals surface area contributed by atoms with Crippen LogP contribution in [0.3, 0.4) is 0 Å². The molecule has 39 heavy (non-hydrogen) atoms. The number of amides is 1. The lowest BCUT2D eigenvalue weighted by molar-refractivity contribution is -0.133. The summed E-state index contributed by atoms with van der Waals surface area (Å²) in [7, 11) is 0. The van der Waals surface area contributed by atoms with E-state index in [-0.39, 0.29) is 30.0 Å². The average Bonchev–Trinajstić information content (AvgIpc) is 3.79. The van der Waals surface area contributed by atoms with Gasteiger partial charge in [-0.3, -0.25) is 9.59 Å². The quantitative estimate of drug-likeness (QED) is 0.518. The molecule has 10 nitrogen and oxygen atoms in total. The standard InChI is InChI=1S/C29H37N7O3/c1-19(12-25(37)36-6-4-29(5-7-36)17-31-18-29)26(27(38)20-2-3-20)21-13-23(22-15-32-28(30)33-16-22)34-24(14-21)35-8-10-39-11-9-35/h13-16,20,31H,2-12,17-18H2,1H3,(H2,30,32,33). The molecule has 3 saturated heterocycles. The van der Waals surface area contributed by atoms with E-state index in [9.17, 15) is 9.59 Å². The van der Waals surface area contributed by atoms with Crippen molar-refractivity contribution in [1.29, 1.82) is 0 Å². The lowest BCUT2D eigenvalue weighted by Crippen LogP contribution is -2.58. The molecular formula is C29H37N7O3. The largest absolute Gasteiger partial charge is 0.378 e. The number of nitrogens with zero attached hydrogens (tertiary/aromatic N) is 5. The van der Waals surface area contributed by atoms with Gasteiger partial charge in [0.05, 0.1) is 18.9 Å². The molecule has 4 fully saturated rings. The van der Waals surface area contributed by atoms with Gasteiger partial charge in [0.2, 0.25) is 11.9 Å². The van der Waals surface area contributed by atoms with Gasteiger partial charge in [-0.1, -0.05) is 5.57 Å². The highest BCUT2D eigenvalue weighted by atomic mass is 16.5. The third-order valence-corrected chi connectivity index (χ3v) is 8.62. The fourth-order valence-corrected chi connectivity index (χ4v) is 5.87. The molecule has 0 aromatic carbocycles. The number of nitrogen functional groups attached to an aromatic ring is 1. The van der Waals surface area contributed by atoms with Gasteiger partial charge in [-0.25, -0.2) is 15.0 Å². The number of anilines is 2. The number of rotatable bonds is 7. The van der Waals surface area contributed by atoms with Crippen LogP contribution < -0.4 is 16.0 Å². The van der Waals surface area contributed by atoms with Crippen molar-refractivity contribution in [2.45, 2.75) is 39.0 Å². The number of carbonyl (C=O) groups excluding carboxylic acids is 2. The lowest BCUT2D eigenvalue weighted by atomic mass is 9.73. The zero-order chi connectivity index (χ0) is 27.0. The van der Waals surface area contributed by atoms with E-state index in [0.717, 1.165) is 74.4 Å². The Balaban J connectivity index is 1.34. The van der Waals surface area contributed by atoms with Crippen molar-refractivity contribution in [3.63, 3.8) is 0 Å². The smallest absolute Gasteiger partial charge is 0.226 e. The summed E-state index contributed by atoms with van der Waals surface area (Å²) in [6, 6.07) is 3.92. The first kappa shape index (κ1) is 25.9. The molecule has 3 N–H and O–H groups in total. The third kappa shape index (κ3) is 5.53. The molecule has 0 atom stereocenters. The maximum absolute atomic E-state index is 13.7. The number of ether oxygens (including phenoxy) is 1. The molecule has 0 unspecified atom stereocenters. The summed E-state index contributed by atoms with van der Waals surface area (Å²) in [5, 5.41) is 3.38. The third-order valence-electron chi connectivity index (χ3n) is 8.62. The molecule has 5 heterocycles. The predicted octanol–water partition coefficient (Wildman–Crippen LogP) is 2.31. The van der Waals surface area contributed by atoms with E-state index >= 15 is 0 Å². The molecular weight excluding hydrogens is 494 g/mol. The number of hydrogen-bond donors (Lipinski definition) is 2.